The van der Waals surface area contributed by atoms with Crippen LogP contribution in [0.4, 0.5) is 0 Å². The van der Waals surface area contributed by atoms with Crippen molar-refractivity contribution in [1.29, 1.82) is 0 Å². The maximum atomic E-state index is 12.4. The van der Waals surface area contributed by atoms with Crippen molar-refractivity contribution in [1.82, 2.24) is 4.98 Å². The molecule has 1 aliphatic heterocycles. The molecule has 0 N–H and O–H groups in total. The first-order valence-electron chi connectivity index (χ1n) is 8.39. The summed E-state index contributed by atoms with van der Waals surface area (Å²) in [5.74, 6) is 1.08. The van der Waals surface area contributed by atoms with Crippen molar-refractivity contribution in [3.05, 3.63) is 53.3 Å². The minimum atomic E-state index is -0.482. The number of aromatic nitrogens is 2. The van der Waals surface area contributed by atoms with Gasteiger partial charge in [-0.25, -0.2) is 14.3 Å². The van der Waals surface area contributed by atoms with Crippen molar-refractivity contribution >= 4 is 44.3 Å². The van der Waals surface area contributed by atoms with Crippen LogP contribution >= 0.6 is 23.1 Å². The highest BCUT2D eigenvalue weighted by Crippen LogP contribution is 2.31. The molecule has 3 aromatic rings. The fourth-order valence-corrected chi connectivity index (χ4v) is 4.81. The molecule has 3 heterocycles. The number of aliphatic imine (C=N–C) groups is 1. The van der Waals surface area contributed by atoms with Crippen LogP contribution in [0.5, 0.6) is 5.75 Å². The van der Waals surface area contributed by atoms with Crippen LogP contribution in [0.1, 0.15) is 10.6 Å². The molecule has 138 valence electrons. The fourth-order valence-electron chi connectivity index (χ4n) is 2.72. The molecular formula is C19H18N3O3S2+. The number of esters is 1. The highest BCUT2D eigenvalue weighted by atomic mass is 32.2. The van der Waals surface area contributed by atoms with Gasteiger partial charge in [-0.2, -0.15) is 0 Å². The van der Waals surface area contributed by atoms with Crippen LogP contribution < -0.4 is 9.30 Å². The maximum absolute atomic E-state index is 12.4. The number of aryl methyl sites for hydroxylation is 1. The Morgan fingerprint density at radius 2 is 2.26 bits per heavy atom. The highest BCUT2D eigenvalue weighted by Gasteiger charge is 2.28. The Morgan fingerprint density at radius 3 is 3.07 bits per heavy atom. The predicted octanol–water partition coefficient (Wildman–Crippen LogP) is 2.73. The zero-order valence-electron chi connectivity index (χ0n) is 14.9. The number of hydrogen-bond donors (Lipinski definition) is 0. The average molecular weight is 401 g/mol. The van der Waals surface area contributed by atoms with Crippen LogP contribution in [0, 0.1) is 0 Å². The van der Waals surface area contributed by atoms with E-state index in [0.29, 0.717) is 5.75 Å². The number of pyridine rings is 1. The van der Waals surface area contributed by atoms with Gasteiger partial charge in [-0.05, 0) is 24.3 Å². The molecule has 0 saturated heterocycles. The van der Waals surface area contributed by atoms with E-state index in [2.05, 4.69) is 9.98 Å². The van der Waals surface area contributed by atoms with Gasteiger partial charge in [0.05, 0.1) is 22.9 Å². The van der Waals surface area contributed by atoms with E-state index in [1.807, 2.05) is 54.3 Å². The third-order valence-corrected chi connectivity index (χ3v) is 6.29. The molecule has 8 heteroatoms. The molecule has 0 unspecified atom stereocenters. The minimum absolute atomic E-state index is 0.250. The molecule has 0 aliphatic carbocycles. The van der Waals surface area contributed by atoms with Gasteiger partial charge in [0, 0.05) is 11.8 Å². The Balaban J connectivity index is 1.45. The van der Waals surface area contributed by atoms with E-state index in [4.69, 9.17) is 9.47 Å². The van der Waals surface area contributed by atoms with Crippen LogP contribution in [0.25, 0.3) is 10.2 Å². The van der Waals surface area contributed by atoms with Gasteiger partial charge < -0.3 is 9.47 Å². The Kier molecular flexibility index (Phi) is 5.09. The molecule has 1 atom stereocenters. The molecular weight excluding hydrogens is 382 g/mol. The Labute approximate surface area is 164 Å². The Hall–Kier alpha value is -2.45. The first-order valence-corrected chi connectivity index (χ1v) is 10.2. The molecule has 2 aromatic heterocycles. The Morgan fingerprint density at radius 1 is 1.37 bits per heavy atom. The van der Waals surface area contributed by atoms with Gasteiger partial charge in [-0.3, -0.25) is 4.99 Å². The van der Waals surface area contributed by atoms with E-state index < -0.39 is 6.04 Å². The summed E-state index contributed by atoms with van der Waals surface area (Å²) in [5.41, 5.74) is 1.85. The van der Waals surface area contributed by atoms with Crippen molar-refractivity contribution in [3.8, 4) is 5.75 Å². The monoisotopic (exact) mass is 400 g/mol. The summed E-state index contributed by atoms with van der Waals surface area (Å²) in [6.07, 6.45) is 3.86. The third kappa shape index (κ3) is 3.96. The van der Waals surface area contributed by atoms with Gasteiger partial charge in [0.25, 0.3) is 0 Å². The van der Waals surface area contributed by atoms with Crippen molar-refractivity contribution in [2.24, 2.45) is 12.0 Å². The number of benzene rings is 1. The summed E-state index contributed by atoms with van der Waals surface area (Å²) in [5, 5.41) is 1.62. The molecule has 4 rings (SSSR count). The van der Waals surface area contributed by atoms with E-state index in [-0.39, 0.29) is 12.6 Å². The number of thioether (sulfide) groups is 1. The fraction of sp³-hybridized carbons (Fsp3) is 0.263. The van der Waals surface area contributed by atoms with Crippen molar-refractivity contribution in [2.75, 3.05) is 12.9 Å². The number of nitrogens with zero attached hydrogens (tertiary/aromatic N) is 3. The van der Waals surface area contributed by atoms with Gasteiger partial charge in [0.1, 0.15) is 29.5 Å². The number of carbonyl (C=O) groups is 1. The molecule has 6 nitrogen and oxygen atoms in total. The second kappa shape index (κ2) is 7.66. The first-order chi connectivity index (χ1) is 13.1. The lowest BCUT2D eigenvalue weighted by Crippen LogP contribution is -2.27. The van der Waals surface area contributed by atoms with Gasteiger partial charge in [-0.1, -0.05) is 0 Å². The van der Waals surface area contributed by atoms with Crippen LogP contribution in [0.15, 0.2) is 47.7 Å². The van der Waals surface area contributed by atoms with Gasteiger partial charge in [-0.15, -0.1) is 23.1 Å². The smallest absolute Gasteiger partial charge is 0.332 e. The zero-order valence-corrected chi connectivity index (χ0v) is 16.5. The quantitative estimate of drug-likeness (QED) is 0.487. The molecule has 0 amide bonds. The standard InChI is InChI=1S/C19H18N3O3S2/c1-22-7-3-4-12(9-22)10-25-19(23)15-11-26-17(21-15)18-20-14-6-5-13(24-2)8-16(14)27-18/h3-9,15H,10-11H2,1-2H3/q+1/t15-/m1/s1. The van der Waals surface area contributed by atoms with Crippen LogP contribution in [0.2, 0.25) is 0 Å². The topological polar surface area (TPSA) is 64.7 Å². The van der Waals surface area contributed by atoms with Gasteiger partial charge >= 0.3 is 5.97 Å². The van der Waals surface area contributed by atoms with E-state index in [1.54, 1.807) is 30.2 Å². The number of hydrogen-bond acceptors (Lipinski definition) is 7. The number of methoxy groups -OCH3 is 1. The summed E-state index contributed by atoms with van der Waals surface area (Å²) in [4.78, 5) is 21.5. The van der Waals surface area contributed by atoms with E-state index in [1.165, 1.54) is 0 Å². The summed E-state index contributed by atoms with van der Waals surface area (Å²) >= 11 is 3.09. The number of rotatable bonds is 5. The second-order valence-electron chi connectivity index (χ2n) is 6.10. The molecule has 0 radical (unpaired) electrons. The lowest BCUT2D eigenvalue weighted by atomic mass is 10.3. The van der Waals surface area contributed by atoms with E-state index >= 15 is 0 Å². The van der Waals surface area contributed by atoms with E-state index in [9.17, 15) is 4.79 Å². The molecule has 1 aliphatic rings. The van der Waals surface area contributed by atoms with Crippen molar-refractivity contribution in [2.45, 2.75) is 12.6 Å². The second-order valence-corrected chi connectivity index (χ2v) is 8.14. The molecule has 1 aromatic carbocycles. The first kappa shape index (κ1) is 17.9. The third-order valence-electron chi connectivity index (χ3n) is 4.08. The summed E-state index contributed by atoms with van der Waals surface area (Å²) < 4.78 is 13.7. The zero-order chi connectivity index (χ0) is 18.8. The largest absolute Gasteiger partial charge is 0.497 e. The summed E-state index contributed by atoms with van der Waals surface area (Å²) in [6.45, 7) is 0.250. The van der Waals surface area contributed by atoms with E-state index in [0.717, 1.165) is 31.6 Å². The average Bonchev–Trinajstić information content (AvgIpc) is 3.32. The molecule has 0 bridgehead atoms. The number of thiazole rings is 1. The molecule has 0 fully saturated rings. The SMILES string of the molecule is COc1ccc2nc(C3=N[C@@H](C(=O)OCc4ccc[n+](C)c4)CS3)sc2c1. The van der Waals surface area contributed by atoms with Gasteiger partial charge in [0.15, 0.2) is 18.4 Å². The summed E-state index contributed by atoms with van der Waals surface area (Å²) in [7, 11) is 3.58. The molecule has 27 heavy (non-hydrogen) atoms. The van der Waals surface area contributed by atoms with Crippen LogP contribution in [-0.2, 0) is 23.2 Å². The summed E-state index contributed by atoms with van der Waals surface area (Å²) in [6, 6.07) is 9.15. The van der Waals surface area contributed by atoms with Crippen LogP contribution in [-0.4, -0.2) is 34.9 Å². The number of ether oxygens (including phenoxy) is 2. The van der Waals surface area contributed by atoms with Gasteiger partial charge in [0.2, 0.25) is 0 Å². The van der Waals surface area contributed by atoms with Crippen molar-refractivity contribution in [3.63, 3.8) is 0 Å². The number of fused-ring (bicyclic) bond motifs is 1. The molecule has 0 spiro atoms. The predicted molar refractivity (Wildman–Crippen MR) is 106 cm³/mol. The minimum Gasteiger partial charge on any atom is -0.497 e. The van der Waals surface area contributed by atoms with Crippen LogP contribution in [0.3, 0.4) is 0 Å². The lowest BCUT2D eigenvalue weighted by molar-refractivity contribution is -0.672. The maximum Gasteiger partial charge on any atom is 0.332 e. The normalized spacial score (nSPS) is 16.4. The highest BCUT2D eigenvalue weighted by molar-refractivity contribution is 8.15. The Bertz CT molecular complexity index is 1030. The lowest BCUT2D eigenvalue weighted by Gasteiger charge is -2.06. The van der Waals surface area contributed by atoms with Crippen molar-refractivity contribution < 1.29 is 18.8 Å². The number of carbonyl (C=O) groups excluding carboxylic acids is 1. The molecule has 0 saturated carbocycles.